The van der Waals surface area contributed by atoms with E-state index in [1.54, 1.807) is 0 Å². The van der Waals surface area contributed by atoms with Crippen molar-refractivity contribution >= 4 is 33.4 Å². The summed E-state index contributed by atoms with van der Waals surface area (Å²) in [5, 5.41) is 19.8. The van der Waals surface area contributed by atoms with Crippen LogP contribution in [0.3, 0.4) is 0 Å². The van der Waals surface area contributed by atoms with E-state index in [1.165, 1.54) is 12.8 Å². The summed E-state index contributed by atoms with van der Waals surface area (Å²) in [4.78, 5) is 2.29. The standard InChI is InChI=1S/C24H25N5O2/c1-14-3-7-20-22(31-28-23(20)26-18-5-6-18)21(14)16-4-8-19-17(11-16)12-25-27-24(19)29-9-10-30-13-15(29)2/h3-4,7-8,11-12,15,18H,5-6,9-10,13H2,1-2H3,(H,26,28)/t15-/m0/s1. The molecule has 2 aromatic heterocycles. The summed E-state index contributed by atoms with van der Waals surface area (Å²) in [5.41, 5.74) is 4.16. The number of aryl methyl sites for hydroxylation is 1. The zero-order valence-corrected chi connectivity index (χ0v) is 17.8. The SMILES string of the molecule is Cc1ccc2c(NC3CC3)noc2c1-c1ccc2c(N3CCOC[C@@H]3C)nncc2c1. The lowest BCUT2D eigenvalue weighted by Gasteiger charge is -2.34. The molecule has 1 aliphatic carbocycles. The molecule has 6 rings (SSSR count). The van der Waals surface area contributed by atoms with E-state index in [-0.39, 0.29) is 6.04 Å². The number of anilines is 2. The van der Waals surface area contributed by atoms with Gasteiger partial charge in [0.1, 0.15) is 0 Å². The maximum absolute atomic E-state index is 5.83. The van der Waals surface area contributed by atoms with Gasteiger partial charge in [0.25, 0.3) is 0 Å². The van der Waals surface area contributed by atoms with Crippen molar-refractivity contribution in [2.45, 2.75) is 38.8 Å². The summed E-state index contributed by atoms with van der Waals surface area (Å²) >= 11 is 0. The van der Waals surface area contributed by atoms with E-state index in [0.717, 1.165) is 56.6 Å². The van der Waals surface area contributed by atoms with Crippen molar-refractivity contribution in [1.82, 2.24) is 15.4 Å². The summed E-state index contributed by atoms with van der Waals surface area (Å²) in [6, 6.07) is 11.5. The Morgan fingerprint density at radius 3 is 2.84 bits per heavy atom. The number of nitrogens with one attached hydrogen (secondary N) is 1. The number of hydrogen-bond acceptors (Lipinski definition) is 7. The predicted octanol–water partition coefficient (Wildman–Crippen LogP) is 4.55. The highest BCUT2D eigenvalue weighted by Gasteiger charge is 2.25. The second-order valence-electron chi connectivity index (χ2n) is 8.67. The van der Waals surface area contributed by atoms with Crippen LogP contribution >= 0.6 is 0 Å². The Morgan fingerprint density at radius 1 is 1.13 bits per heavy atom. The second-order valence-corrected chi connectivity index (χ2v) is 8.67. The van der Waals surface area contributed by atoms with Gasteiger partial charge in [-0.2, -0.15) is 5.10 Å². The van der Waals surface area contributed by atoms with Crippen molar-refractivity contribution in [3.63, 3.8) is 0 Å². The maximum atomic E-state index is 5.83. The highest BCUT2D eigenvalue weighted by Crippen LogP contribution is 2.38. The molecular weight excluding hydrogens is 390 g/mol. The Bertz CT molecular complexity index is 1280. The first-order chi connectivity index (χ1) is 15.2. The molecule has 2 aliphatic rings. The first kappa shape index (κ1) is 18.6. The van der Waals surface area contributed by atoms with E-state index in [4.69, 9.17) is 9.26 Å². The lowest BCUT2D eigenvalue weighted by Crippen LogP contribution is -2.44. The largest absolute Gasteiger partial charge is 0.377 e. The van der Waals surface area contributed by atoms with Crippen LogP contribution in [0.15, 0.2) is 41.1 Å². The molecule has 0 spiro atoms. The summed E-state index contributed by atoms with van der Waals surface area (Å²) in [6.07, 6.45) is 4.23. The fraction of sp³-hybridized carbons (Fsp3) is 0.375. The van der Waals surface area contributed by atoms with Gasteiger partial charge >= 0.3 is 0 Å². The molecule has 0 radical (unpaired) electrons. The monoisotopic (exact) mass is 415 g/mol. The molecule has 3 heterocycles. The minimum atomic E-state index is 0.274. The molecule has 0 bridgehead atoms. The fourth-order valence-corrected chi connectivity index (χ4v) is 4.47. The average Bonchev–Trinajstić information content (AvgIpc) is 3.52. The molecule has 2 aromatic carbocycles. The number of fused-ring (bicyclic) bond motifs is 2. The van der Waals surface area contributed by atoms with Gasteiger partial charge < -0.3 is 19.5 Å². The lowest BCUT2D eigenvalue weighted by molar-refractivity contribution is 0.0986. The number of rotatable bonds is 4. The number of morpholine rings is 1. The Morgan fingerprint density at radius 2 is 2.00 bits per heavy atom. The van der Waals surface area contributed by atoms with Gasteiger partial charge in [0.15, 0.2) is 17.2 Å². The minimum absolute atomic E-state index is 0.274. The Kier molecular flexibility index (Phi) is 4.31. The van der Waals surface area contributed by atoms with Gasteiger partial charge in [-0.15, -0.1) is 5.10 Å². The summed E-state index contributed by atoms with van der Waals surface area (Å²) < 4.78 is 11.4. The van der Waals surface area contributed by atoms with Gasteiger partial charge in [-0.3, -0.25) is 0 Å². The third-order valence-corrected chi connectivity index (χ3v) is 6.34. The third kappa shape index (κ3) is 3.20. The van der Waals surface area contributed by atoms with Gasteiger partial charge in [0, 0.05) is 28.9 Å². The normalized spacial score (nSPS) is 19.3. The molecule has 1 atom stereocenters. The van der Waals surface area contributed by atoms with Crippen LogP contribution in [0.2, 0.25) is 0 Å². The van der Waals surface area contributed by atoms with Crippen LogP contribution in [0, 0.1) is 6.92 Å². The number of hydrogen-bond donors (Lipinski definition) is 1. The predicted molar refractivity (Wildman–Crippen MR) is 122 cm³/mol. The van der Waals surface area contributed by atoms with Gasteiger partial charge in [-0.1, -0.05) is 17.3 Å². The van der Waals surface area contributed by atoms with Crippen molar-refractivity contribution < 1.29 is 9.26 Å². The fourth-order valence-electron chi connectivity index (χ4n) is 4.47. The number of ether oxygens (including phenoxy) is 1. The molecule has 1 saturated heterocycles. The molecular formula is C24H25N5O2. The zero-order chi connectivity index (χ0) is 20.9. The molecule has 2 fully saturated rings. The van der Waals surface area contributed by atoms with Crippen molar-refractivity contribution in [2.75, 3.05) is 30.0 Å². The van der Waals surface area contributed by atoms with Crippen molar-refractivity contribution in [1.29, 1.82) is 0 Å². The topological polar surface area (TPSA) is 76.3 Å². The third-order valence-electron chi connectivity index (χ3n) is 6.34. The molecule has 0 unspecified atom stereocenters. The van der Waals surface area contributed by atoms with E-state index in [2.05, 4.69) is 69.8 Å². The molecule has 1 N–H and O–H groups in total. The second kappa shape index (κ2) is 7.20. The van der Waals surface area contributed by atoms with Gasteiger partial charge in [-0.05, 0) is 56.0 Å². The molecule has 7 heteroatoms. The van der Waals surface area contributed by atoms with Gasteiger partial charge in [0.2, 0.25) is 0 Å². The molecule has 31 heavy (non-hydrogen) atoms. The van der Waals surface area contributed by atoms with E-state index >= 15 is 0 Å². The zero-order valence-electron chi connectivity index (χ0n) is 17.8. The van der Waals surface area contributed by atoms with Crippen molar-refractivity contribution in [2.24, 2.45) is 0 Å². The van der Waals surface area contributed by atoms with Crippen LogP contribution in [-0.2, 0) is 4.74 Å². The molecule has 1 saturated carbocycles. The number of aromatic nitrogens is 3. The van der Waals surface area contributed by atoms with Crippen LogP contribution in [0.4, 0.5) is 11.6 Å². The van der Waals surface area contributed by atoms with E-state index in [0.29, 0.717) is 19.3 Å². The maximum Gasteiger partial charge on any atom is 0.177 e. The lowest BCUT2D eigenvalue weighted by atomic mass is 9.96. The smallest absolute Gasteiger partial charge is 0.177 e. The first-order valence-corrected chi connectivity index (χ1v) is 10.9. The van der Waals surface area contributed by atoms with Gasteiger partial charge in [0.05, 0.1) is 30.8 Å². The van der Waals surface area contributed by atoms with Crippen LogP contribution in [-0.4, -0.2) is 47.2 Å². The van der Waals surface area contributed by atoms with Crippen LogP contribution in [0.1, 0.15) is 25.3 Å². The highest BCUT2D eigenvalue weighted by molar-refractivity contribution is 6.02. The van der Waals surface area contributed by atoms with Crippen molar-refractivity contribution in [3.8, 4) is 11.1 Å². The Labute approximate surface area is 180 Å². The summed E-state index contributed by atoms with van der Waals surface area (Å²) in [7, 11) is 0. The molecule has 1 aliphatic heterocycles. The van der Waals surface area contributed by atoms with Crippen LogP contribution in [0.5, 0.6) is 0 Å². The van der Waals surface area contributed by atoms with Crippen LogP contribution < -0.4 is 10.2 Å². The summed E-state index contributed by atoms with van der Waals surface area (Å²) in [5.74, 6) is 1.76. The molecule has 158 valence electrons. The van der Waals surface area contributed by atoms with Crippen LogP contribution in [0.25, 0.3) is 32.9 Å². The molecule has 7 nitrogen and oxygen atoms in total. The Hall–Kier alpha value is -3.19. The van der Waals surface area contributed by atoms with Crippen molar-refractivity contribution in [3.05, 3.63) is 42.1 Å². The highest BCUT2D eigenvalue weighted by atomic mass is 16.5. The van der Waals surface area contributed by atoms with E-state index in [1.807, 2.05) is 6.20 Å². The minimum Gasteiger partial charge on any atom is -0.377 e. The average molecular weight is 415 g/mol. The Balaban J connectivity index is 1.46. The van der Waals surface area contributed by atoms with E-state index in [9.17, 15) is 0 Å². The summed E-state index contributed by atoms with van der Waals surface area (Å²) in [6.45, 7) is 6.52. The molecule has 4 aromatic rings. The number of nitrogens with zero attached hydrogens (tertiary/aromatic N) is 4. The number of benzene rings is 2. The first-order valence-electron chi connectivity index (χ1n) is 10.9. The quantitative estimate of drug-likeness (QED) is 0.524. The van der Waals surface area contributed by atoms with Gasteiger partial charge in [-0.25, -0.2) is 0 Å². The molecule has 0 amide bonds. The van der Waals surface area contributed by atoms with E-state index < -0.39 is 0 Å².